The third kappa shape index (κ3) is 2.98. The number of carbonyl (C=O) groups is 1. The summed E-state index contributed by atoms with van der Waals surface area (Å²) in [6.07, 6.45) is 3.14. The van der Waals surface area contributed by atoms with Gasteiger partial charge in [-0.15, -0.1) is 0 Å². The number of carbonyl (C=O) groups excluding carboxylic acids is 1. The molecule has 0 aromatic carbocycles. The molecule has 14 heavy (non-hydrogen) atoms. The van der Waals surface area contributed by atoms with Gasteiger partial charge in [-0.25, -0.2) is 0 Å². The summed E-state index contributed by atoms with van der Waals surface area (Å²) >= 11 is 0. The highest BCUT2D eigenvalue weighted by atomic mass is 16.5. The predicted molar refractivity (Wildman–Crippen MR) is 56.0 cm³/mol. The van der Waals surface area contributed by atoms with Crippen molar-refractivity contribution in [3.05, 3.63) is 0 Å². The van der Waals surface area contributed by atoms with E-state index in [0.29, 0.717) is 5.92 Å². The van der Waals surface area contributed by atoms with Crippen molar-refractivity contribution in [2.75, 3.05) is 6.54 Å². The molecule has 3 nitrogen and oxygen atoms in total. The highest BCUT2D eigenvalue weighted by Gasteiger charge is 2.31. The van der Waals surface area contributed by atoms with Crippen LogP contribution in [0.5, 0.6) is 0 Å². The standard InChI is InChI=1S/C11H21NO2/c1-4-5-9(3)14-11(13)10-8(2)6-7-12-10/h8-10,12H,4-7H2,1-3H3. The summed E-state index contributed by atoms with van der Waals surface area (Å²) in [6.45, 7) is 7.08. The molecule has 3 atom stereocenters. The maximum Gasteiger partial charge on any atom is 0.323 e. The average molecular weight is 199 g/mol. The minimum Gasteiger partial charge on any atom is -0.462 e. The van der Waals surface area contributed by atoms with Crippen LogP contribution in [0.2, 0.25) is 0 Å². The molecule has 1 rings (SSSR count). The maximum atomic E-state index is 11.7. The summed E-state index contributed by atoms with van der Waals surface area (Å²) in [4.78, 5) is 11.7. The summed E-state index contributed by atoms with van der Waals surface area (Å²) in [6, 6.07) is -0.0747. The SMILES string of the molecule is CCCC(C)OC(=O)C1NCCC1C. The zero-order valence-electron chi connectivity index (χ0n) is 9.38. The summed E-state index contributed by atoms with van der Waals surface area (Å²) in [5.41, 5.74) is 0. The van der Waals surface area contributed by atoms with Crippen LogP contribution in [0.25, 0.3) is 0 Å². The van der Waals surface area contributed by atoms with Crippen molar-refractivity contribution >= 4 is 5.97 Å². The van der Waals surface area contributed by atoms with E-state index in [1.165, 1.54) is 0 Å². The van der Waals surface area contributed by atoms with Crippen LogP contribution >= 0.6 is 0 Å². The Balaban J connectivity index is 2.33. The first-order chi connectivity index (χ1) is 6.65. The molecule has 0 aliphatic carbocycles. The van der Waals surface area contributed by atoms with Gasteiger partial charge in [0.15, 0.2) is 0 Å². The van der Waals surface area contributed by atoms with Crippen LogP contribution in [0.1, 0.15) is 40.0 Å². The molecule has 1 aliphatic rings. The topological polar surface area (TPSA) is 38.3 Å². The van der Waals surface area contributed by atoms with Gasteiger partial charge in [0.05, 0.1) is 6.10 Å². The van der Waals surface area contributed by atoms with E-state index in [0.717, 1.165) is 25.8 Å². The molecule has 0 amide bonds. The lowest BCUT2D eigenvalue weighted by Gasteiger charge is -2.18. The largest absolute Gasteiger partial charge is 0.462 e. The monoisotopic (exact) mass is 199 g/mol. The second-order valence-corrected chi connectivity index (χ2v) is 4.23. The summed E-state index contributed by atoms with van der Waals surface area (Å²) in [5.74, 6) is 0.340. The predicted octanol–water partition coefficient (Wildman–Crippen LogP) is 1.72. The fourth-order valence-corrected chi connectivity index (χ4v) is 1.89. The van der Waals surface area contributed by atoms with Crippen molar-refractivity contribution < 1.29 is 9.53 Å². The fourth-order valence-electron chi connectivity index (χ4n) is 1.89. The van der Waals surface area contributed by atoms with Gasteiger partial charge >= 0.3 is 5.97 Å². The lowest BCUT2D eigenvalue weighted by atomic mass is 10.0. The van der Waals surface area contributed by atoms with Gasteiger partial charge in [0.2, 0.25) is 0 Å². The molecule has 0 aromatic rings. The Kier molecular flexibility index (Phi) is 4.39. The molecule has 0 bridgehead atoms. The minimum atomic E-state index is -0.0747. The molecular formula is C11H21NO2. The third-order valence-electron chi connectivity index (χ3n) is 2.80. The Labute approximate surface area is 86.2 Å². The van der Waals surface area contributed by atoms with Crippen LogP contribution in [0, 0.1) is 5.92 Å². The van der Waals surface area contributed by atoms with Crippen molar-refractivity contribution in [3.63, 3.8) is 0 Å². The van der Waals surface area contributed by atoms with Gasteiger partial charge in [0.1, 0.15) is 6.04 Å². The lowest BCUT2D eigenvalue weighted by molar-refractivity contribution is -0.151. The Morgan fingerprint density at radius 2 is 2.36 bits per heavy atom. The van der Waals surface area contributed by atoms with Crippen LogP contribution in [-0.4, -0.2) is 24.7 Å². The number of ether oxygens (including phenoxy) is 1. The summed E-state index contributed by atoms with van der Waals surface area (Å²) < 4.78 is 5.34. The van der Waals surface area contributed by atoms with Gasteiger partial charge in [-0.3, -0.25) is 4.79 Å². The second kappa shape index (κ2) is 5.35. The molecule has 3 unspecified atom stereocenters. The fraction of sp³-hybridized carbons (Fsp3) is 0.909. The third-order valence-corrected chi connectivity index (χ3v) is 2.80. The van der Waals surface area contributed by atoms with Crippen LogP contribution in [0.15, 0.2) is 0 Å². The van der Waals surface area contributed by atoms with Gasteiger partial charge in [-0.05, 0) is 32.2 Å². The summed E-state index contributed by atoms with van der Waals surface area (Å²) in [7, 11) is 0. The Morgan fingerprint density at radius 1 is 1.64 bits per heavy atom. The molecule has 0 spiro atoms. The first kappa shape index (κ1) is 11.5. The zero-order valence-corrected chi connectivity index (χ0v) is 9.38. The zero-order chi connectivity index (χ0) is 10.6. The summed E-state index contributed by atoms with van der Waals surface area (Å²) in [5, 5.41) is 3.18. The quantitative estimate of drug-likeness (QED) is 0.701. The number of hydrogen-bond donors (Lipinski definition) is 1. The molecule has 0 aromatic heterocycles. The highest BCUT2D eigenvalue weighted by Crippen LogP contribution is 2.16. The van der Waals surface area contributed by atoms with Gasteiger partial charge in [-0.1, -0.05) is 20.3 Å². The van der Waals surface area contributed by atoms with Crippen LogP contribution in [0.4, 0.5) is 0 Å². The van der Waals surface area contributed by atoms with Crippen LogP contribution in [0.3, 0.4) is 0 Å². The molecule has 1 aliphatic heterocycles. The van der Waals surface area contributed by atoms with Crippen LogP contribution < -0.4 is 5.32 Å². The molecule has 1 heterocycles. The normalized spacial score (nSPS) is 28.8. The molecule has 82 valence electrons. The van der Waals surface area contributed by atoms with E-state index in [-0.39, 0.29) is 18.1 Å². The van der Waals surface area contributed by atoms with Crippen molar-refractivity contribution in [2.45, 2.75) is 52.2 Å². The lowest BCUT2D eigenvalue weighted by Crippen LogP contribution is -2.37. The Bertz CT molecular complexity index is 194. The number of esters is 1. The minimum absolute atomic E-state index is 0.0575. The number of rotatable bonds is 4. The molecule has 1 fully saturated rings. The number of hydrogen-bond acceptors (Lipinski definition) is 3. The number of nitrogens with one attached hydrogen (secondary N) is 1. The average Bonchev–Trinajstić information content (AvgIpc) is 2.51. The van der Waals surface area contributed by atoms with E-state index in [1.54, 1.807) is 0 Å². The van der Waals surface area contributed by atoms with Gasteiger partial charge in [-0.2, -0.15) is 0 Å². The van der Waals surface area contributed by atoms with Crippen molar-refractivity contribution in [3.8, 4) is 0 Å². The molecule has 3 heteroatoms. The van der Waals surface area contributed by atoms with Crippen LogP contribution in [-0.2, 0) is 9.53 Å². The van der Waals surface area contributed by atoms with Crippen molar-refractivity contribution in [1.29, 1.82) is 0 Å². The Hall–Kier alpha value is -0.570. The Morgan fingerprint density at radius 3 is 2.86 bits per heavy atom. The highest BCUT2D eigenvalue weighted by molar-refractivity contribution is 5.76. The van der Waals surface area contributed by atoms with Crippen molar-refractivity contribution in [1.82, 2.24) is 5.32 Å². The van der Waals surface area contributed by atoms with E-state index in [1.807, 2.05) is 6.92 Å². The first-order valence-corrected chi connectivity index (χ1v) is 5.59. The van der Waals surface area contributed by atoms with E-state index in [2.05, 4.69) is 19.2 Å². The van der Waals surface area contributed by atoms with E-state index < -0.39 is 0 Å². The molecule has 1 saturated heterocycles. The van der Waals surface area contributed by atoms with E-state index in [9.17, 15) is 4.79 Å². The molecule has 1 N–H and O–H groups in total. The maximum absolute atomic E-state index is 11.7. The molecule has 0 saturated carbocycles. The molecular weight excluding hydrogens is 178 g/mol. The van der Waals surface area contributed by atoms with Gasteiger partial charge < -0.3 is 10.1 Å². The van der Waals surface area contributed by atoms with Crippen molar-refractivity contribution in [2.24, 2.45) is 5.92 Å². The van der Waals surface area contributed by atoms with E-state index in [4.69, 9.17) is 4.74 Å². The van der Waals surface area contributed by atoms with E-state index >= 15 is 0 Å². The first-order valence-electron chi connectivity index (χ1n) is 5.59. The molecule has 0 radical (unpaired) electrons. The van der Waals surface area contributed by atoms with Gasteiger partial charge in [0.25, 0.3) is 0 Å². The second-order valence-electron chi connectivity index (χ2n) is 4.23. The smallest absolute Gasteiger partial charge is 0.323 e. The van der Waals surface area contributed by atoms with Gasteiger partial charge in [0, 0.05) is 0 Å².